The lowest BCUT2D eigenvalue weighted by Crippen LogP contribution is -2.66. The smallest absolute Gasteiger partial charge is 0.324 e. The molecule has 0 aromatic heterocycles. The number of nitrogens with two attached hydrogens (primary N) is 2. The number of hydrogen-bond acceptors (Lipinski definition) is 7. The summed E-state index contributed by atoms with van der Waals surface area (Å²) in [5, 5.41) is 16.5. The van der Waals surface area contributed by atoms with Crippen LogP contribution < -0.4 is 22.1 Å². The van der Waals surface area contributed by atoms with Crippen LogP contribution in [0.3, 0.4) is 0 Å². The number of cyclic esters (lactones) is 1. The van der Waals surface area contributed by atoms with E-state index >= 15 is 0 Å². The largest absolute Gasteiger partial charge is 0.459 e. The van der Waals surface area contributed by atoms with E-state index in [0.29, 0.717) is 31.6 Å². The van der Waals surface area contributed by atoms with E-state index in [1.165, 1.54) is 12.8 Å². The van der Waals surface area contributed by atoms with Crippen LogP contribution in [0.2, 0.25) is 0 Å². The van der Waals surface area contributed by atoms with E-state index in [-0.39, 0.29) is 72.4 Å². The minimum absolute atomic E-state index is 0.0278. The third-order valence-electron chi connectivity index (χ3n) is 13.7. The van der Waals surface area contributed by atoms with Crippen LogP contribution >= 0.6 is 0 Å². The van der Waals surface area contributed by atoms with Crippen molar-refractivity contribution < 1.29 is 29.0 Å². The number of aliphatic hydroxyl groups is 1. The van der Waals surface area contributed by atoms with Crippen molar-refractivity contribution in [3.05, 3.63) is 0 Å². The molecule has 7 rings (SSSR count). The molecule has 3 unspecified atom stereocenters. The summed E-state index contributed by atoms with van der Waals surface area (Å²) in [6.45, 7) is 0.145. The molecule has 9 atom stereocenters. The first-order chi connectivity index (χ1) is 23.2. The van der Waals surface area contributed by atoms with Crippen molar-refractivity contribution >= 4 is 23.8 Å². The van der Waals surface area contributed by atoms with E-state index in [2.05, 4.69) is 27.4 Å². The maximum atomic E-state index is 14.9. The number of primary amides is 2. The highest BCUT2D eigenvalue weighted by Crippen LogP contribution is 2.63. The number of nitrogens with one attached hydrogen (secondary N) is 2. The van der Waals surface area contributed by atoms with Gasteiger partial charge in [0.1, 0.15) is 12.1 Å². The van der Waals surface area contributed by atoms with Gasteiger partial charge in [-0.25, -0.2) is 4.79 Å². The first-order valence-electron chi connectivity index (χ1n) is 19.0. The SMILES string of the molecule is NC(=O)NCC#CC1CCC2NC(=O)[C@@]3(C2C1)[C@H](C(N)=O)[C@H]1C(=O)O[C@H](C2CCCCC2)[C@H](C2CCCCC2)N1[C@@H]3C1CCC(O)CC1. The highest BCUT2D eigenvalue weighted by molar-refractivity contribution is 5.98. The van der Waals surface area contributed by atoms with Crippen molar-refractivity contribution in [3.8, 4) is 11.8 Å². The topological polar surface area (TPSA) is 177 Å². The minimum atomic E-state index is -1.20. The molecule has 0 aromatic carbocycles. The molecule has 3 saturated heterocycles. The molecule has 0 radical (unpaired) electrons. The first-order valence-corrected chi connectivity index (χ1v) is 19.0. The summed E-state index contributed by atoms with van der Waals surface area (Å²) in [6, 6.07) is -2.10. The normalized spacial score (nSPS) is 42.2. The Labute approximate surface area is 284 Å². The van der Waals surface area contributed by atoms with Gasteiger partial charge in [0.15, 0.2) is 0 Å². The minimum Gasteiger partial charge on any atom is -0.459 e. The molecule has 264 valence electrons. The lowest BCUT2D eigenvalue weighted by molar-refractivity contribution is -0.190. The third-order valence-corrected chi connectivity index (χ3v) is 13.7. The van der Waals surface area contributed by atoms with Crippen molar-refractivity contribution in [2.45, 2.75) is 146 Å². The molecule has 3 aliphatic heterocycles. The maximum Gasteiger partial charge on any atom is 0.324 e. The van der Waals surface area contributed by atoms with Gasteiger partial charge in [0.05, 0.1) is 30.0 Å². The zero-order chi connectivity index (χ0) is 33.6. The number of carbonyl (C=O) groups is 4. The lowest BCUT2D eigenvalue weighted by atomic mass is 9.56. The number of nitrogens with zero attached hydrogens (tertiary/aromatic N) is 1. The van der Waals surface area contributed by atoms with Crippen LogP contribution in [0.25, 0.3) is 0 Å². The Morgan fingerprint density at radius 3 is 2.21 bits per heavy atom. The Morgan fingerprint density at radius 2 is 1.56 bits per heavy atom. The molecule has 0 aromatic rings. The average molecular weight is 666 g/mol. The van der Waals surface area contributed by atoms with Gasteiger partial charge >= 0.3 is 12.0 Å². The average Bonchev–Trinajstić information content (AvgIpc) is 3.56. The molecule has 4 aliphatic carbocycles. The van der Waals surface area contributed by atoms with E-state index in [1.807, 2.05) is 0 Å². The second-order valence-corrected chi connectivity index (χ2v) is 16.1. The third kappa shape index (κ3) is 5.78. The standard InChI is InChI=1S/C37H55N5O6/c38-33(44)28-30-34(45)48-31(23-11-5-2-6-12-23)29(22-9-3-1-4-10-22)42(30)32(24-14-16-25(43)17-15-24)37(28)26-20-21(8-7-19-40-36(39)47)13-18-27(26)41-35(37)46/h21-32,43H,1-6,9-20H2,(H2,38,44)(H,41,46)(H3,39,40,47)/t21?,24?,25?,26?,27?,28-,29-,30-,31+,32+,37-/m0/s1. The predicted molar refractivity (Wildman–Crippen MR) is 177 cm³/mol. The molecule has 4 amide bonds. The Bertz CT molecular complexity index is 1310. The molecule has 7 N–H and O–H groups in total. The number of amides is 4. The molecule has 48 heavy (non-hydrogen) atoms. The van der Waals surface area contributed by atoms with E-state index in [9.17, 15) is 24.3 Å². The Hall–Kier alpha value is -2.84. The molecule has 3 heterocycles. The van der Waals surface area contributed by atoms with Gasteiger partial charge in [-0.2, -0.15) is 0 Å². The van der Waals surface area contributed by atoms with Crippen molar-refractivity contribution in [2.24, 2.45) is 52.4 Å². The van der Waals surface area contributed by atoms with Gasteiger partial charge in [-0.1, -0.05) is 50.4 Å². The lowest BCUT2D eigenvalue weighted by Gasteiger charge is -2.54. The van der Waals surface area contributed by atoms with Gasteiger partial charge in [-0.05, 0) is 94.3 Å². The van der Waals surface area contributed by atoms with Crippen molar-refractivity contribution in [3.63, 3.8) is 0 Å². The Kier molecular flexibility index (Phi) is 9.69. The van der Waals surface area contributed by atoms with E-state index in [1.54, 1.807) is 0 Å². The van der Waals surface area contributed by atoms with Gasteiger partial charge in [-0.3, -0.25) is 19.3 Å². The molecule has 11 nitrogen and oxygen atoms in total. The second kappa shape index (κ2) is 13.8. The quantitative estimate of drug-likeness (QED) is 0.221. The van der Waals surface area contributed by atoms with Crippen molar-refractivity contribution in [1.29, 1.82) is 0 Å². The van der Waals surface area contributed by atoms with E-state index < -0.39 is 29.3 Å². The molecular weight excluding hydrogens is 610 g/mol. The Balaban J connectivity index is 1.36. The van der Waals surface area contributed by atoms with Crippen LogP contribution in [0.4, 0.5) is 4.79 Å². The van der Waals surface area contributed by atoms with E-state index in [4.69, 9.17) is 16.2 Å². The fourth-order valence-electron chi connectivity index (χ4n) is 11.9. The highest BCUT2D eigenvalue weighted by atomic mass is 16.6. The number of urea groups is 1. The summed E-state index contributed by atoms with van der Waals surface area (Å²) in [7, 11) is 0. The maximum absolute atomic E-state index is 14.9. The molecule has 0 bridgehead atoms. The summed E-state index contributed by atoms with van der Waals surface area (Å²) < 4.78 is 6.59. The van der Waals surface area contributed by atoms with Gasteiger partial charge < -0.3 is 31.9 Å². The summed E-state index contributed by atoms with van der Waals surface area (Å²) >= 11 is 0. The number of morpholine rings is 1. The second-order valence-electron chi connectivity index (χ2n) is 16.1. The first kappa shape index (κ1) is 33.6. The zero-order valence-electron chi connectivity index (χ0n) is 28.2. The number of esters is 1. The van der Waals surface area contributed by atoms with Crippen LogP contribution in [-0.2, 0) is 19.1 Å². The predicted octanol–water partition coefficient (Wildman–Crippen LogP) is 2.72. The van der Waals surface area contributed by atoms with Gasteiger partial charge in [0, 0.05) is 18.0 Å². The molecule has 4 saturated carbocycles. The number of ether oxygens (including phenoxy) is 1. The van der Waals surface area contributed by atoms with Gasteiger partial charge in [0.25, 0.3) is 0 Å². The van der Waals surface area contributed by atoms with Crippen molar-refractivity contribution in [2.75, 3.05) is 6.54 Å². The summed E-state index contributed by atoms with van der Waals surface area (Å²) in [5.41, 5.74) is 10.4. The zero-order valence-corrected chi connectivity index (χ0v) is 28.2. The monoisotopic (exact) mass is 665 g/mol. The summed E-state index contributed by atoms with van der Waals surface area (Å²) in [4.78, 5) is 57.0. The molecule has 11 heteroatoms. The number of fused-ring (bicyclic) bond motifs is 3. The summed E-state index contributed by atoms with van der Waals surface area (Å²) in [5.74, 6) is 4.53. The number of rotatable bonds is 5. The number of hydrogen-bond donors (Lipinski definition) is 5. The van der Waals surface area contributed by atoms with E-state index in [0.717, 1.165) is 70.6 Å². The van der Waals surface area contributed by atoms with Gasteiger partial charge in [0.2, 0.25) is 11.8 Å². The molecule has 1 spiro atoms. The van der Waals surface area contributed by atoms with Crippen LogP contribution in [0.15, 0.2) is 0 Å². The van der Waals surface area contributed by atoms with Crippen LogP contribution in [0.1, 0.15) is 109 Å². The Morgan fingerprint density at radius 1 is 0.896 bits per heavy atom. The van der Waals surface area contributed by atoms with Crippen molar-refractivity contribution in [1.82, 2.24) is 15.5 Å². The molecule has 7 fully saturated rings. The molecule has 7 aliphatic rings. The fourth-order valence-corrected chi connectivity index (χ4v) is 11.9. The summed E-state index contributed by atoms with van der Waals surface area (Å²) in [6.07, 6.45) is 15.2. The van der Waals surface area contributed by atoms with Crippen LogP contribution in [0, 0.1) is 52.8 Å². The number of carbonyl (C=O) groups excluding carboxylic acids is 4. The van der Waals surface area contributed by atoms with Crippen LogP contribution in [0.5, 0.6) is 0 Å². The number of aliphatic hydroxyl groups excluding tert-OH is 1. The van der Waals surface area contributed by atoms with Gasteiger partial charge in [-0.15, -0.1) is 0 Å². The van der Waals surface area contributed by atoms with Crippen LogP contribution in [-0.4, -0.2) is 76.7 Å². The fraction of sp³-hybridized carbons (Fsp3) is 0.838. The molecular formula is C37H55N5O6. The highest BCUT2D eigenvalue weighted by Gasteiger charge is 2.77.